The van der Waals surface area contributed by atoms with Crippen molar-refractivity contribution in [2.45, 2.75) is 53.1 Å². The quantitative estimate of drug-likeness (QED) is 0.201. The summed E-state index contributed by atoms with van der Waals surface area (Å²) in [5.41, 5.74) is 3.04. The zero-order valence-corrected chi connectivity index (χ0v) is 23.3. The summed E-state index contributed by atoms with van der Waals surface area (Å²) >= 11 is 0. The first kappa shape index (κ1) is 28.0. The third-order valence-corrected chi connectivity index (χ3v) is 7.02. The Balaban J connectivity index is 1.76. The number of hydrogen-bond donors (Lipinski definition) is 1. The number of nitrogens with zero attached hydrogens (tertiary/aromatic N) is 3. The number of imidazole rings is 1. The lowest BCUT2D eigenvalue weighted by Crippen LogP contribution is -2.31. The Hall–Kier alpha value is -4.07. The molecule has 206 valence electrons. The van der Waals surface area contributed by atoms with Gasteiger partial charge >= 0.3 is 0 Å². The number of aromatic nitrogens is 2. The number of carbonyl (C=O) groups is 2. The number of rotatable bonds is 11. The van der Waals surface area contributed by atoms with E-state index in [-0.39, 0.29) is 11.3 Å². The monoisotopic (exact) mass is 531 g/mol. The lowest BCUT2D eigenvalue weighted by Gasteiger charge is -2.26. The first-order chi connectivity index (χ1) is 18.7. The molecule has 0 saturated carbocycles. The number of aliphatic hydroxyl groups excluding tert-OH is 1. The molecule has 3 aromatic rings. The molecule has 8 heteroatoms. The fourth-order valence-electron chi connectivity index (χ4n) is 4.81. The van der Waals surface area contributed by atoms with Crippen molar-refractivity contribution in [3.05, 3.63) is 82.9 Å². The molecular formula is C31H37N3O5. The van der Waals surface area contributed by atoms with Gasteiger partial charge in [0.2, 0.25) is 0 Å². The zero-order valence-electron chi connectivity index (χ0n) is 23.3. The van der Waals surface area contributed by atoms with Crippen LogP contribution in [0.25, 0.3) is 5.76 Å². The van der Waals surface area contributed by atoms with Crippen molar-refractivity contribution >= 4 is 17.4 Å². The van der Waals surface area contributed by atoms with Crippen LogP contribution in [0.15, 0.2) is 60.7 Å². The minimum atomic E-state index is -0.772. The molecule has 1 atom stereocenters. The van der Waals surface area contributed by atoms with Crippen LogP contribution in [-0.4, -0.2) is 51.5 Å². The Morgan fingerprint density at radius 1 is 1.08 bits per heavy atom. The molecular weight excluding hydrogens is 494 g/mol. The van der Waals surface area contributed by atoms with Crippen molar-refractivity contribution in [1.82, 2.24) is 14.5 Å². The van der Waals surface area contributed by atoms with E-state index in [0.29, 0.717) is 54.7 Å². The molecule has 0 spiro atoms. The maximum absolute atomic E-state index is 13.4. The third kappa shape index (κ3) is 6.16. The van der Waals surface area contributed by atoms with Crippen molar-refractivity contribution < 1.29 is 24.2 Å². The highest BCUT2D eigenvalue weighted by Crippen LogP contribution is 2.42. The molecule has 1 aromatic heterocycles. The molecule has 1 unspecified atom stereocenters. The number of carbonyl (C=O) groups excluding carboxylic acids is 2. The van der Waals surface area contributed by atoms with E-state index in [1.807, 2.05) is 48.9 Å². The Morgan fingerprint density at radius 3 is 2.56 bits per heavy atom. The molecule has 2 heterocycles. The molecule has 1 aliphatic rings. The Kier molecular flexibility index (Phi) is 8.74. The number of methoxy groups -OCH3 is 1. The van der Waals surface area contributed by atoms with Crippen molar-refractivity contribution in [3.63, 3.8) is 0 Å². The average molecular weight is 532 g/mol. The number of likely N-dealkylation sites (tertiary alicyclic amines) is 1. The van der Waals surface area contributed by atoms with E-state index in [1.165, 1.54) is 0 Å². The van der Waals surface area contributed by atoms with E-state index in [9.17, 15) is 14.7 Å². The van der Waals surface area contributed by atoms with Gasteiger partial charge in [-0.2, -0.15) is 0 Å². The predicted molar refractivity (Wildman–Crippen MR) is 150 cm³/mol. The van der Waals surface area contributed by atoms with Crippen molar-refractivity contribution in [2.24, 2.45) is 5.92 Å². The van der Waals surface area contributed by atoms with Gasteiger partial charge in [-0.25, -0.2) is 4.98 Å². The summed E-state index contributed by atoms with van der Waals surface area (Å²) in [6, 6.07) is 10.3. The smallest absolute Gasteiger partial charge is 0.295 e. The van der Waals surface area contributed by atoms with Gasteiger partial charge in [0.15, 0.2) is 11.5 Å². The number of amides is 1. The lowest BCUT2D eigenvalue weighted by molar-refractivity contribution is -0.139. The van der Waals surface area contributed by atoms with Gasteiger partial charge in [-0.3, -0.25) is 9.59 Å². The molecule has 1 amide bonds. The Morgan fingerprint density at radius 2 is 1.87 bits per heavy atom. The van der Waals surface area contributed by atoms with E-state index in [1.54, 1.807) is 36.7 Å². The first-order valence-electron chi connectivity index (χ1n) is 13.3. The van der Waals surface area contributed by atoms with Crippen molar-refractivity contribution in [1.29, 1.82) is 0 Å². The third-order valence-electron chi connectivity index (χ3n) is 7.02. The van der Waals surface area contributed by atoms with Gasteiger partial charge in [-0.1, -0.05) is 37.6 Å². The average Bonchev–Trinajstić information content (AvgIpc) is 3.52. The fraction of sp³-hybridized carbons (Fsp3) is 0.387. The Labute approximate surface area is 229 Å². The maximum Gasteiger partial charge on any atom is 0.295 e. The van der Waals surface area contributed by atoms with Crippen LogP contribution in [0.4, 0.5) is 0 Å². The standard InChI is InChI=1S/C31H37N3O5/c1-20(2)11-16-39-25-10-9-23(18-26(25)38-5)28-27(29(35)24-17-21(3)7-8-22(24)4)30(36)31(37)34(28)14-6-13-33-15-12-32-19-33/h7-10,12,15,17-20,28,35H,6,11,13-14,16H2,1-5H3. The molecule has 0 bridgehead atoms. The highest BCUT2D eigenvalue weighted by Gasteiger charge is 2.46. The molecule has 4 rings (SSSR count). The lowest BCUT2D eigenvalue weighted by atomic mass is 9.93. The molecule has 2 aromatic carbocycles. The molecule has 0 radical (unpaired) electrons. The number of aryl methyl sites for hydroxylation is 3. The number of hydrogen-bond acceptors (Lipinski definition) is 6. The molecule has 8 nitrogen and oxygen atoms in total. The van der Waals surface area contributed by atoms with Gasteiger partial charge in [-0.15, -0.1) is 0 Å². The second-order valence-corrected chi connectivity index (χ2v) is 10.4. The van der Waals surface area contributed by atoms with Crippen LogP contribution in [0, 0.1) is 19.8 Å². The predicted octanol–water partition coefficient (Wildman–Crippen LogP) is 5.45. The fourth-order valence-corrected chi connectivity index (χ4v) is 4.81. The van der Waals surface area contributed by atoms with Gasteiger partial charge < -0.3 is 24.0 Å². The topological polar surface area (TPSA) is 93.9 Å². The van der Waals surface area contributed by atoms with E-state index in [0.717, 1.165) is 17.5 Å². The van der Waals surface area contributed by atoms with Gasteiger partial charge in [0.1, 0.15) is 5.76 Å². The Bertz CT molecular complexity index is 1360. The largest absolute Gasteiger partial charge is 0.507 e. The van der Waals surface area contributed by atoms with Crippen LogP contribution in [-0.2, 0) is 16.1 Å². The number of aliphatic hydroxyl groups is 1. The minimum absolute atomic E-state index is 0.0758. The highest BCUT2D eigenvalue weighted by molar-refractivity contribution is 6.46. The highest BCUT2D eigenvalue weighted by atomic mass is 16.5. The van der Waals surface area contributed by atoms with Crippen LogP contribution in [0.3, 0.4) is 0 Å². The van der Waals surface area contributed by atoms with E-state index in [4.69, 9.17) is 9.47 Å². The SMILES string of the molecule is COc1cc(C2C(=C(O)c3cc(C)ccc3C)C(=O)C(=O)N2CCCn2ccnc2)ccc1OCCC(C)C. The minimum Gasteiger partial charge on any atom is -0.507 e. The van der Waals surface area contributed by atoms with Crippen molar-refractivity contribution in [2.75, 3.05) is 20.3 Å². The number of ether oxygens (including phenoxy) is 2. The van der Waals surface area contributed by atoms with E-state index >= 15 is 0 Å². The maximum atomic E-state index is 13.4. The van der Waals surface area contributed by atoms with Crippen LogP contribution >= 0.6 is 0 Å². The van der Waals surface area contributed by atoms with Crippen LogP contribution in [0.1, 0.15) is 55.0 Å². The van der Waals surface area contributed by atoms with E-state index in [2.05, 4.69) is 18.8 Å². The van der Waals surface area contributed by atoms with Crippen LogP contribution < -0.4 is 9.47 Å². The van der Waals surface area contributed by atoms with Gasteiger partial charge in [0.25, 0.3) is 11.7 Å². The van der Waals surface area contributed by atoms with Crippen LogP contribution in [0.5, 0.6) is 11.5 Å². The normalized spacial score (nSPS) is 16.8. The second-order valence-electron chi connectivity index (χ2n) is 10.4. The summed E-state index contributed by atoms with van der Waals surface area (Å²) in [5, 5.41) is 11.5. The second kappa shape index (κ2) is 12.2. The van der Waals surface area contributed by atoms with E-state index < -0.39 is 17.7 Å². The molecule has 1 aliphatic heterocycles. The van der Waals surface area contributed by atoms with Crippen molar-refractivity contribution in [3.8, 4) is 11.5 Å². The molecule has 1 saturated heterocycles. The number of ketones is 1. The number of benzene rings is 2. The summed E-state index contributed by atoms with van der Waals surface area (Å²) in [6.45, 7) is 9.57. The number of Topliss-reactive ketones (excluding diaryl/α,β-unsaturated/α-hetero) is 1. The summed E-state index contributed by atoms with van der Waals surface area (Å²) in [4.78, 5) is 32.4. The summed E-state index contributed by atoms with van der Waals surface area (Å²) in [6.07, 6.45) is 6.78. The van der Waals surface area contributed by atoms with Gasteiger partial charge in [0, 0.05) is 31.0 Å². The van der Waals surface area contributed by atoms with Gasteiger partial charge in [-0.05, 0) is 61.9 Å². The van der Waals surface area contributed by atoms with Crippen LogP contribution in [0.2, 0.25) is 0 Å². The molecule has 1 N–H and O–H groups in total. The molecule has 1 fully saturated rings. The van der Waals surface area contributed by atoms with Gasteiger partial charge in [0.05, 0.1) is 31.7 Å². The molecule has 39 heavy (non-hydrogen) atoms. The summed E-state index contributed by atoms with van der Waals surface area (Å²) in [5.74, 6) is 0.0989. The zero-order chi connectivity index (χ0) is 28.1. The summed E-state index contributed by atoms with van der Waals surface area (Å²) < 4.78 is 13.5. The molecule has 0 aliphatic carbocycles. The first-order valence-corrected chi connectivity index (χ1v) is 13.3. The summed E-state index contributed by atoms with van der Waals surface area (Å²) in [7, 11) is 1.56.